The lowest BCUT2D eigenvalue weighted by Crippen LogP contribution is -2.64. The Morgan fingerprint density at radius 1 is 1.10 bits per heavy atom. The van der Waals surface area contributed by atoms with E-state index in [4.69, 9.17) is 4.74 Å². The molecule has 1 N–H and O–H groups in total. The van der Waals surface area contributed by atoms with Crippen LogP contribution in [0.25, 0.3) is 0 Å². The number of hydrogen-bond donors (Lipinski definition) is 1. The maximum atomic E-state index is 5.58. The molecule has 3 heteroatoms. The van der Waals surface area contributed by atoms with Crippen LogP contribution in [0.1, 0.15) is 65.7 Å². The van der Waals surface area contributed by atoms with Gasteiger partial charge >= 0.3 is 0 Å². The predicted molar refractivity (Wildman–Crippen MR) is 89.7 cm³/mol. The first-order chi connectivity index (χ1) is 10.2. The van der Waals surface area contributed by atoms with Gasteiger partial charge in [0, 0.05) is 24.7 Å². The summed E-state index contributed by atoms with van der Waals surface area (Å²) >= 11 is 0. The molecular weight excluding hydrogens is 260 g/mol. The first kappa shape index (κ1) is 17.2. The number of rotatable bonds is 6. The first-order valence-corrected chi connectivity index (χ1v) is 9.28. The molecule has 2 rings (SSSR count). The SMILES string of the molecule is CCNC(C1CCCCCC1)C(C)(CC)N1CCOCC1. The molecular formula is C18H36N2O. The van der Waals surface area contributed by atoms with Crippen molar-refractivity contribution in [2.75, 3.05) is 32.8 Å². The molecule has 0 aromatic carbocycles. The van der Waals surface area contributed by atoms with E-state index >= 15 is 0 Å². The molecule has 0 aromatic rings. The third-order valence-electron chi connectivity index (χ3n) is 5.91. The normalized spacial score (nSPS) is 27.0. The average Bonchev–Trinajstić information content (AvgIpc) is 2.82. The molecule has 1 aliphatic carbocycles. The highest BCUT2D eigenvalue weighted by molar-refractivity contribution is 5.00. The molecule has 2 unspecified atom stereocenters. The van der Waals surface area contributed by atoms with Gasteiger partial charge in [0.25, 0.3) is 0 Å². The summed E-state index contributed by atoms with van der Waals surface area (Å²) in [5.74, 6) is 0.847. The number of hydrogen-bond acceptors (Lipinski definition) is 3. The van der Waals surface area contributed by atoms with Gasteiger partial charge in [0.2, 0.25) is 0 Å². The highest BCUT2D eigenvalue weighted by Crippen LogP contribution is 2.35. The van der Waals surface area contributed by atoms with Gasteiger partial charge in [-0.3, -0.25) is 4.90 Å². The molecule has 124 valence electrons. The molecule has 0 amide bonds. The van der Waals surface area contributed by atoms with Gasteiger partial charge in [-0.2, -0.15) is 0 Å². The molecule has 0 spiro atoms. The molecule has 2 atom stereocenters. The van der Waals surface area contributed by atoms with Crippen LogP contribution < -0.4 is 5.32 Å². The van der Waals surface area contributed by atoms with Crippen molar-refractivity contribution in [2.45, 2.75) is 77.3 Å². The Kier molecular flexibility index (Phi) is 6.97. The van der Waals surface area contributed by atoms with E-state index < -0.39 is 0 Å². The fourth-order valence-corrected chi connectivity index (χ4v) is 4.47. The maximum Gasteiger partial charge on any atom is 0.0594 e. The highest BCUT2D eigenvalue weighted by Gasteiger charge is 2.42. The molecule has 1 aliphatic heterocycles. The van der Waals surface area contributed by atoms with Gasteiger partial charge in [0.1, 0.15) is 0 Å². The number of likely N-dealkylation sites (N-methyl/N-ethyl adjacent to an activating group) is 1. The average molecular weight is 296 g/mol. The van der Waals surface area contributed by atoms with E-state index in [-0.39, 0.29) is 5.54 Å². The van der Waals surface area contributed by atoms with Crippen LogP contribution in [0.15, 0.2) is 0 Å². The summed E-state index contributed by atoms with van der Waals surface area (Å²) in [6, 6.07) is 0.628. The van der Waals surface area contributed by atoms with Crippen molar-refractivity contribution in [3.05, 3.63) is 0 Å². The van der Waals surface area contributed by atoms with Crippen molar-refractivity contribution in [1.82, 2.24) is 10.2 Å². The van der Waals surface area contributed by atoms with E-state index in [1.54, 1.807) is 0 Å². The van der Waals surface area contributed by atoms with Crippen LogP contribution in [-0.4, -0.2) is 49.3 Å². The van der Waals surface area contributed by atoms with Crippen LogP contribution in [-0.2, 0) is 4.74 Å². The van der Waals surface area contributed by atoms with Crippen molar-refractivity contribution in [3.8, 4) is 0 Å². The number of ether oxygens (including phenoxy) is 1. The van der Waals surface area contributed by atoms with E-state index in [1.165, 1.54) is 44.9 Å². The monoisotopic (exact) mass is 296 g/mol. The Morgan fingerprint density at radius 3 is 2.24 bits per heavy atom. The van der Waals surface area contributed by atoms with Crippen LogP contribution in [0.4, 0.5) is 0 Å². The summed E-state index contributed by atoms with van der Waals surface area (Å²) in [5.41, 5.74) is 0.273. The second-order valence-electron chi connectivity index (χ2n) is 7.10. The van der Waals surface area contributed by atoms with Crippen molar-refractivity contribution in [1.29, 1.82) is 0 Å². The summed E-state index contributed by atoms with van der Waals surface area (Å²) in [6.07, 6.45) is 9.78. The Bertz CT molecular complexity index is 283. The minimum Gasteiger partial charge on any atom is -0.379 e. The minimum atomic E-state index is 0.273. The van der Waals surface area contributed by atoms with E-state index in [9.17, 15) is 0 Å². The fourth-order valence-electron chi connectivity index (χ4n) is 4.47. The summed E-state index contributed by atoms with van der Waals surface area (Å²) < 4.78 is 5.58. The molecule has 21 heavy (non-hydrogen) atoms. The third-order valence-corrected chi connectivity index (χ3v) is 5.91. The number of nitrogens with zero attached hydrogens (tertiary/aromatic N) is 1. The molecule has 1 saturated heterocycles. The van der Waals surface area contributed by atoms with Crippen LogP contribution in [0.2, 0.25) is 0 Å². The summed E-state index contributed by atoms with van der Waals surface area (Å²) in [7, 11) is 0. The topological polar surface area (TPSA) is 24.5 Å². The summed E-state index contributed by atoms with van der Waals surface area (Å²) in [4.78, 5) is 2.70. The maximum absolute atomic E-state index is 5.58. The third kappa shape index (κ3) is 4.20. The van der Waals surface area contributed by atoms with Gasteiger partial charge in [-0.25, -0.2) is 0 Å². The van der Waals surface area contributed by atoms with Crippen molar-refractivity contribution >= 4 is 0 Å². The molecule has 0 radical (unpaired) electrons. The minimum absolute atomic E-state index is 0.273. The van der Waals surface area contributed by atoms with Crippen LogP contribution in [0.5, 0.6) is 0 Å². The van der Waals surface area contributed by atoms with E-state index in [1.807, 2.05) is 0 Å². The Labute approximate surface area is 131 Å². The standard InChI is InChI=1S/C18H36N2O/c1-4-18(3,20-12-14-21-15-13-20)17(19-5-2)16-10-8-6-7-9-11-16/h16-17,19H,4-15H2,1-3H3. The lowest BCUT2D eigenvalue weighted by Gasteiger charge is -2.50. The lowest BCUT2D eigenvalue weighted by molar-refractivity contribution is -0.0420. The quantitative estimate of drug-likeness (QED) is 0.760. The molecule has 0 bridgehead atoms. The zero-order valence-electron chi connectivity index (χ0n) is 14.5. The highest BCUT2D eigenvalue weighted by atomic mass is 16.5. The largest absolute Gasteiger partial charge is 0.379 e. The number of morpholine rings is 1. The molecule has 1 saturated carbocycles. The smallest absolute Gasteiger partial charge is 0.0594 e. The zero-order valence-corrected chi connectivity index (χ0v) is 14.5. The second kappa shape index (κ2) is 8.50. The summed E-state index contributed by atoms with van der Waals surface area (Å²) in [5, 5.41) is 3.89. The molecule has 2 fully saturated rings. The van der Waals surface area contributed by atoms with Crippen molar-refractivity contribution in [3.63, 3.8) is 0 Å². The van der Waals surface area contributed by atoms with E-state index in [0.717, 1.165) is 38.8 Å². The zero-order chi connectivity index (χ0) is 15.1. The number of nitrogens with one attached hydrogen (secondary N) is 1. The van der Waals surface area contributed by atoms with Crippen LogP contribution in [0, 0.1) is 5.92 Å². The predicted octanol–water partition coefficient (Wildman–Crippen LogP) is 3.44. The van der Waals surface area contributed by atoms with E-state index in [0.29, 0.717) is 6.04 Å². The summed E-state index contributed by atoms with van der Waals surface area (Å²) in [6.45, 7) is 12.2. The molecule has 0 aromatic heterocycles. The van der Waals surface area contributed by atoms with Crippen LogP contribution >= 0.6 is 0 Å². The van der Waals surface area contributed by atoms with Crippen molar-refractivity contribution in [2.24, 2.45) is 5.92 Å². The van der Waals surface area contributed by atoms with Gasteiger partial charge in [-0.1, -0.05) is 39.5 Å². The Balaban J connectivity index is 2.14. The van der Waals surface area contributed by atoms with Gasteiger partial charge in [-0.15, -0.1) is 0 Å². The fraction of sp³-hybridized carbons (Fsp3) is 1.00. The van der Waals surface area contributed by atoms with Crippen LogP contribution in [0.3, 0.4) is 0 Å². The van der Waals surface area contributed by atoms with Gasteiger partial charge in [-0.05, 0) is 38.6 Å². The lowest BCUT2D eigenvalue weighted by atomic mass is 9.76. The van der Waals surface area contributed by atoms with Crippen molar-refractivity contribution < 1.29 is 4.74 Å². The van der Waals surface area contributed by atoms with Gasteiger partial charge in [0.05, 0.1) is 13.2 Å². The van der Waals surface area contributed by atoms with E-state index in [2.05, 4.69) is 31.0 Å². The second-order valence-corrected chi connectivity index (χ2v) is 7.10. The Hall–Kier alpha value is -0.120. The van der Waals surface area contributed by atoms with Gasteiger partial charge in [0.15, 0.2) is 0 Å². The molecule has 2 aliphatic rings. The Morgan fingerprint density at radius 2 is 1.71 bits per heavy atom. The molecule has 3 nitrogen and oxygen atoms in total. The molecule has 1 heterocycles. The van der Waals surface area contributed by atoms with Gasteiger partial charge < -0.3 is 10.1 Å². The first-order valence-electron chi connectivity index (χ1n) is 9.28.